The van der Waals surface area contributed by atoms with Gasteiger partial charge in [0.05, 0.1) is 5.39 Å². The summed E-state index contributed by atoms with van der Waals surface area (Å²) in [6.07, 6.45) is -6.03. The molecule has 0 saturated carbocycles. The lowest BCUT2D eigenvalue weighted by Crippen LogP contribution is -2.46. The highest BCUT2D eigenvalue weighted by Crippen LogP contribution is 2.27. The summed E-state index contributed by atoms with van der Waals surface area (Å²) in [6, 6.07) is 0.585. The number of amides is 2. The molecule has 3 aromatic rings. The predicted octanol–water partition coefficient (Wildman–Crippen LogP) is 2.97. The molecule has 1 fully saturated rings. The van der Waals surface area contributed by atoms with Crippen molar-refractivity contribution >= 4 is 28.7 Å². The molecule has 1 aliphatic heterocycles. The van der Waals surface area contributed by atoms with E-state index in [4.69, 9.17) is 0 Å². The quantitative estimate of drug-likeness (QED) is 0.496. The minimum absolute atomic E-state index is 0.0400. The predicted molar refractivity (Wildman–Crippen MR) is 118 cm³/mol. The van der Waals surface area contributed by atoms with Gasteiger partial charge < -0.3 is 10.4 Å². The first-order valence-corrected chi connectivity index (χ1v) is 10.9. The monoisotopic (exact) mass is 528 g/mol. The van der Waals surface area contributed by atoms with Crippen LogP contribution in [0, 0.1) is 17.5 Å². The van der Waals surface area contributed by atoms with Gasteiger partial charge in [-0.1, -0.05) is 6.92 Å². The van der Waals surface area contributed by atoms with E-state index in [2.05, 4.69) is 4.98 Å². The smallest absolute Gasteiger partial charge is 0.383 e. The molecule has 1 unspecified atom stereocenters. The number of benzene rings is 1. The fourth-order valence-electron chi connectivity index (χ4n) is 3.98. The van der Waals surface area contributed by atoms with Crippen LogP contribution in [0.2, 0.25) is 0 Å². The maximum absolute atomic E-state index is 14.7. The SMILES string of the molecule is CC[C@@H](NC(=O)c1cn(-c2c(F)cc(F)cc2F)c2nc(N3CCC(O)C3=O)ccc2c1=O)C(F)(F)F. The summed E-state index contributed by atoms with van der Waals surface area (Å²) in [7, 11) is 0. The summed E-state index contributed by atoms with van der Waals surface area (Å²) in [5.41, 5.74) is -3.43. The number of aromatic nitrogens is 2. The van der Waals surface area contributed by atoms with Crippen LogP contribution >= 0.6 is 0 Å². The molecule has 1 aliphatic rings. The fraction of sp³-hybridized carbons (Fsp3) is 0.304. The van der Waals surface area contributed by atoms with Crippen molar-refractivity contribution in [3.8, 4) is 5.69 Å². The molecule has 2 atom stereocenters. The standard InChI is InChI=1S/C23H18F6N4O4/c1-2-16(23(27,28)29)30-21(36)12-9-33(18-13(25)7-10(24)8-14(18)26)20-11(19(12)35)3-4-17(31-20)32-6-5-15(34)22(32)37/h3-4,7-9,15-16,34H,2,5-6H2,1H3,(H,30,36)/t15?,16-/m1/s1. The minimum Gasteiger partial charge on any atom is -0.383 e. The highest BCUT2D eigenvalue weighted by atomic mass is 19.4. The highest BCUT2D eigenvalue weighted by Gasteiger charge is 2.40. The van der Waals surface area contributed by atoms with Crippen LogP contribution in [-0.4, -0.2) is 51.3 Å². The highest BCUT2D eigenvalue weighted by molar-refractivity contribution is 6.00. The molecule has 0 aliphatic carbocycles. The number of fused-ring (bicyclic) bond motifs is 1. The number of anilines is 1. The molecule has 1 saturated heterocycles. The van der Waals surface area contributed by atoms with Gasteiger partial charge in [0.15, 0.2) is 17.3 Å². The molecule has 196 valence electrons. The van der Waals surface area contributed by atoms with Gasteiger partial charge in [0.2, 0.25) is 5.43 Å². The van der Waals surface area contributed by atoms with E-state index in [1.807, 2.05) is 0 Å². The summed E-state index contributed by atoms with van der Waals surface area (Å²) in [6.45, 7) is 1.20. The number of halogens is 6. The first kappa shape index (κ1) is 26.1. The average molecular weight is 528 g/mol. The van der Waals surface area contributed by atoms with Crippen molar-refractivity contribution in [3.05, 3.63) is 63.7 Å². The summed E-state index contributed by atoms with van der Waals surface area (Å²) >= 11 is 0. The van der Waals surface area contributed by atoms with Gasteiger partial charge in [0.1, 0.15) is 35.0 Å². The zero-order chi connectivity index (χ0) is 27.2. The Morgan fingerprint density at radius 1 is 1.19 bits per heavy atom. The molecule has 1 aromatic carbocycles. The van der Waals surface area contributed by atoms with Crippen LogP contribution < -0.4 is 15.6 Å². The molecule has 4 rings (SSSR count). The number of nitrogens with one attached hydrogen (secondary N) is 1. The van der Waals surface area contributed by atoms with Gasteiger partial charge in [-0.2, -0.15) is 13.2 Å². The Hall–Kier alpha value is -3.94. The molecule has 37 heavy (non-hydrogen) atoms. The second-order valence-electron chi connectivity index (χ2n) is 8.27. The first-order valence-electron chi connectivity index (χ1n) is 10.9. The Bertz CT molecular complexity index is 1450. The van der Waals surface area contributed by atoms with Gasteiger partial charge in [-0.05, 0) is 18.6 Å². The number of rotatable bonds is 5. The van der Waals surface area contributed by atoms with E-state index in [1.54, 1.807) is 5.32 Å². The topological polar surface area (TPSA) is 105 Å². The number of carbonyl (C=O) groups is 2. The van der Waals surface area contributed by atoms with Gasteiger partial charge in [-0.3, -0.25) is 23.9 Å². The zero-order valence-corrected chi connectivity index (χ0v) is 18.9. The number of pyridine rings is 2. The molecule has 0 radical (unpaired) electrons. The van der Waals surface area contributed by atoms with E-state index in [9.17, 15) is 45.8 Å². The number of aliphatic hydroxyl groups is 1. The molecular formula is C23H18F6N4O4. The third-order valence-electron chi connectivity index (χ3n) is 5.87. The summed E-state index contributed by atoms with van der Waals surface area (Å²) in [5, 5.41) is 11.0. The van der Waals surface area contributed by atoms with E-state index in [1.165, 1.54) is 6.07 Å². The van der Waals surface area contributed by atoms with Gasteiger partial charge in [0, 0.05) is 31.3 Å². The maximum Gasteiger partial charge on any atom is 0.408 e. The molecule has 3 heterocycles. The van der Waals surface area contributed by atoms with E-state index in [0.29, 0.717) is 22.9 Å². The van der Waals surface area contributed by atoms with Crippen LogP contribution in [0.5, 0.6) is 0 Å². The van der Waals surface area contributed by atoms with Gasteiger partial charge in [-0.25, -0.2) is 18.2 Å². The molecule has 2 aromatic heterocycles. The lowest BCUT2D eigenvalue weighted by molar-refractivity contribution is -0.153. The van der Waals surface area contributed by atoms with E-state index in [-0.39, 0.29) is 18.8 Å². The Balaban J connectivity index is 1.96. The molecule has 14 heteroatoms. The summed E-state index contributed by atoms with van der Waals surface area (Å²) in [5.74, 6) is -6.48. The van der Waals surface area contributed by atoms with Crippen molar-refractivity contribution in [2.45, 2.75) is 38.1 Å². The van der Waals surface area contributed by atoms with Crippen LogP contribution in [0.15, 0.2) is 35.3 Å². The van der Waals surface area contributed by atoms with Gasteiger partial charge in [0.25, 0.3) is 11.8 Å². The number of nitrogens with zero attached hydrogens (tertiary/aromatic N) is 3. The van der Waals surface area contributed by atoms with Crippen molar-refractivity contribution in [2.75, 3.05) is 11.4 Å². The van der Waals surface area contributed by atoms with Crippen molar-refractivity contribution in [1.82, 2.24) is 14.9 Å². The van der Waals surface area contributed by atoms with Gasteiger partial charge in [-0.15, -0.1) is 0 Å². The lowest BCUT2D eigenvalue weighted by Gasteiger charge is -2.21. The van der Waals surface area contributed by atoms with Crippen molar-refractivity contribution in [3.63, 3.8) is 0 Å². The van der Waals surface area contributed by atoms with Crippen LogP contribution in [0.1, 0.15) is 30.1 Å². The Morgan fingerprint density at radius 2 is 1.84 bits per heavy atom. The molecule has 2 amide bonds. The molecular weight excluding hydrogens is 510 g/mol. The maximum atomic E-state index is 14.7. The third-order valence-corrected chi connectivity index (χ3v) is 5.87. The van der Waals surface area contributed by atoms with Crippen LogP contribution in [0.3, 0.4) is 0 Å². The molecule has 2 N–H and O–H groups in total. The number of hydrogen-bond acceptors (Lipinski definition) is 5. The minimum atomic E-state index is -4.83. The second kappa shape index (κ2) is 9.50. The number of alkyl halides is 3. The molecule has 8 nitrogen and oxygen atoms in total. The largest absolute Gasteiger partial charge is 0.408 e. The molecule has 0 spiro atoms. The Labute approximate surface area is 204 Å². The zero-order valence-electron chi connectivity index (χ0n) is 18.9. The lowest BCUT2D eigenvalue weighted by atomic mass is 10.1. The summed E-state index contributed by atoms with van der Waals surface area (Å²) < 4.78 is 83.2. The van der Waals surface area contributed by atoms with Crippen molar-refractivity contribution in [1.29, 1.82) is 0 Å². The van der Waals surface area contributed by atoms with Crippen molar-refractivity contribution in [2.24, 2.45) is 0 Å². The first-order chi connectivity index (χ1) is 17.3. The van der Waals surface area contributed by atoms with E-state index in [0.717, 1.165) is 17.9 Å². The molecule has 0 bridgehead atoms. The number of carbonyl (C=O) groups excluding carboxylic acids is 2. The van der Waals surface area contributed by atoms with Crippen LogP contribution in [0.25, 0.3) is 16.7 Å². The van der Waals surface area contributed by atoms with Gasteiger partial charge >= 0.3 is 6.18 Å². The third kappa shape index (κ3) is 4.75. The number of aliphatic hydroxyl groups excluding tert-OH is 1. The fourth-order valence-corrected chi connectivity index (χ4v) is 3.98. The second-order valence-corrected chi connectivity index (χ2v) is 8.27. The Morgan fingerprint density at radius 3 is 2.38 bits per heavy atom. The van der Waals surface area contributed by atoms with E-state index < -0.39 is 81.7 Å². The Kier molecular flexibility index (Phi) is 6.71. The average Bonchev–Trinajstić information content (AvgIpc) is 3.15. The van der Waals surface area contributed by atoms with Crippen LogP contribution in [0.4, 0.5) is 32.2 Å². The normalized spacial score (nSPS) is 16.9. The van der Waals surface area contributed by atoms with Crippen LogP contribution in [-0.2, 0) is 4.79 Å². The van der Waals surface area contributed by atoms with Crippen molar-refractivity contribution < 1.29 is 41.0 Å². The number of hydrogen-bond donors (Lipinski definition) is 2. The van der Waals surface area contributed by atoms with E-state index >= 15 is 0 Å². The summed E-state index contributed by atoms with van der Waals surface area (Å²) in [4.78, 5) is 43.2.